The van der Waals surface area contributed by atoms with E-state index in [2.05, 4.69) is 0 Å². The Hall–Kier alpha value is -1.55. The molecule has 2 N–H and O–H groups in total. The Bertz CT molecular complexity index is 339. The van der Waals surface area contributed by atoms with Crippen LogP contribution in [0.5, 0.6) is 0 Å². The van der Waals surface area contributed by atoms with Crippen LogP contribution in [-0.4, -0.2) is 5.91 Å². The predicted octanol–water partition coefficient (Wildman–Crippen LogP) is 0.797. The van der Waals surface area contributed by atoms with Crippen molar-refractivity contribution in [3.63, 3.8) is 0 Å². The first kappa shape index (κ1) is 10.5. The lowest BCUT2D eigenvalue weighted by Gasteiger charge is -2.17. The van der Waals surface area contributed by atoms with Gasteiger partial charge in [0.2, 0.25) is 5.91 Å². The van der Waals surface area contributed by atoms with Gasteiger partial charge in [-0.3, -0.25) is 4.79 Å². The van der Waals surface area contributed by atoms with Gasteiger partial charge in [-0.1, -0.05) is 20.8 Å². The van der Waals surface area contributed by atoms with Crippen LogP contribution >= 0.6 is 0 Å². The summed E-state index contributed by atoms with van der Waals surface area (Å²) in [4.78, 5) is 11.1. The van der Waals surface area contributed by atoms with E-state index in [0.717, 1.165) is 0 Å². The highest BCUT2D eigenvalue weighted by Crippen LogP contribution is 2.65. The maximum Gasteiger partial charge on any atom is 0.223 e. The second-order valence-corrected chi connectivity index (χ2v) is 4.82. The van der Waals surface area contributed by atoms with Gasteiger partial charge in [0.05, 0.1) is 18.1 Å². The molecule has 0 aromatic heterocycles. The maximum atomic E-state index is 11.1. The lowest BCUT2D eigenvalue weighted by molar-refractivity contribution is -0.120. The van der Waals surface area contributed by atoms with Gasteiger partial charge in [-0.25, -0.2) is 0 Å². The van der Waals surface area contributed by atoms with Gasteiger partial charge in [-0.15, -0.1) is 0 Å². The molecule has 0 spiro atoms. The monoisotopic (exact) mass is 191 g/mol. The summed E-state index contributed by atoms with van der Waals surface area (Å²) in [6.07, 6.45) is 0. The standard InChI is InChI=1S/C10H13N3O/c1-9(2,3)7-6(8(13)14)10(7,4-11)5-12/h6-7H,1-3H3,(H2,13,14)/t6-,7-/m0/s1. The van der Waals surface area contributed by atoms with Gasteiger partial charge >= 0.3 is 0 Å². The van der Waals surface area contributed by atoms with Crippen molar-refractivity contribution in [2.75, 3.05) is 0 Å². The van der Waals surface area contributed by atoms with Crippen molar-refractivity contribution in [3.05, 3.63) is 0 Å². The van der Waals surface area contributed by atoms with E-state index in [-0.39, 0.29) is 11.3 Å². The Morgan fingerprint density at radius 3 is 1.86 bits per heavy atom. The van der Waals surface area contributed by atoms with Crippen molar-refractivity contribution >= 4 is 5.91 Å². The molecule has 1 aliphatic rings. The molecule has 0 unspecified atom stereocenters. The average Bonchev–Trinajstić information content (AvgIpc) is 2.73. The molecule has 1 rings (SSSR count). The van der Waals surface area contributed by atoms with Gasteiger partial charge in [0, 0.05) is 5.92 Å². The Kier molecular flexibility index (Phi) is 2.04. The molecule has 0 saturated heterocycles. The van der Waals surface area contributed by atoms with Crippen molar-refractivity contribution < 1.29 is 4.79 Å². The predicted molar refractivity (Wildman–Crippen MR) is 49.3 cm³/mol. The van der Waals surface area contributed by atoms with E-state index in [1.165, 1.54) is 0 Å². The van der Waals surface area contributed by atoms with Crippen molar-refractivity contribution in [1.82, 2.24) is 0 Å². The van der Waals surface area contributed by atoms with Crippen molar-refractivity contribution in [3.8, 4) is 12.1 Å². The molecule has 1 fully saturated rings. The Morgan fingerprint density at radius 1 is 1.36 bits per heavy atom. The Morgan fingerprint density at radius 2 is 1.79 bits per heavy atom. The molecule has 4 nitrogen and oxygen atoms in total. The number of nitriles is 2. The van der Waals surface area contributed by atoms with E-state index in [4.69, 9.17) is 16.3 Å². The quantitative estimate of drug-likeness (QED) is 0.664. The van der Waals surface area contributed by atoms with Gasteiger partial charge in [0.25, 0.3) is 0 Å². The SMILES string of the molecule is CC(C)(C)[C@@H]1[C@@H](C(N)=O)C1(C#N)C#N. The lowest BCUT2D eigenvalue weighted by atomic mass is 9.85. The highest BCUT2D eigenvalue weighted by atomic mass is 16.1. The second-order valence-electron chi connectivity index (χ2n) is 4.82. The van der Waals surface area contributed by atoms with Crippen molar-refractivity contribution in [2.45, 2.75) is 20.8 Å². The highest BCUT2D eigenvalue weighted by Gasteiger charge is 2.73. The summed E-state index contributed by atoms with van der Waals surface area (Å²) >= 11 is 0. The summed E-state index contributed by atoms with van der Waals surface area (Å²) in [5.41, 5.74) is 3.74. The van der Waals surface area contributed by atoms with Crippen molar-refractivity contribution in [2.24, 2.45) is 28.4 Å². The number of nitrogens with zero attached hydrogens (tertiary/aromatic N) is 2. The number of amides is 1. The first-order chi connectivity index (χ1) is 6.31. The normalized spacial score (nSPS) is 28.6. The van der Waals surface area contributed by atoms with Crippen LogP contribution in [0, 0.1) is 45.3 Å². The van der Waals surface area contributed by atoms with Crippen LogP contribution < -0.4 is 5.73 Å². The fourth-order valence-corrected chi connectivity index (χ4v) is 2.26. The van der Waals surface area contributed by atoms with Crippen LogP contribution in [0.4, 0.5) is 0 Å². The molecule has 74 valence electrons. The molecule has 0 aromatic carbocycles. The number of nitrogens with two attached hydrogens (primary N) is 1. The zero-order chi connectivity index (χ0) is 11.1. The molecule has 1 saturated carbocycles. The molecule has 1 aliphatic carbocycles. The third-order valence-corrected chi connectivity index (χ3v) is 2.81. The van der Waals surface area contributed by atoms with Crippen LogP contribution in [0.2, 0.25) is 0 Å². The van der Waals surface area contributed by atoms with Crippen LogP contribution in [0.3, 0.4) is 0 Å². The van der Waals surface area contributed by atoms with Gasteiger partial charge in [-0.2, -0.15) is 10.5 Å². The Balaban J connectivity index is 3.09. The molecular formula is C10H13N3O. The first-order valence-electron chi connectivity index (χ1n) is 4.43. The lowest BCUT2D eigenvalue weighted by Crippen LogP contribution is -2.19. The van der Waals surface area contributed by atoms with Crippen LogP contribution in [0.15, 0.2) is 0 Å². The van der Waals surface area contributed by atoms with Gasteiger partial charge in [0.15, 0.2) is 5.41 Å². The summed E-state index contributed by atoms with van der Waals surface area (Å²) in [7, 11) is 0. The molecule has 0 radical (unpaired) electrons. The molecule has 2 atom stereocenters. The summed E-state index contributed by atoms with van der Waals surface area (Å²) in [5, 5.41) is 17.9. The number of hydrogen-bond acceptors (Lipinski definition) is 3. The van der Waals surface area contributed by atoms with E-state index in [0.29, 0.717) is 0 Å². The maximum absolute atomic E-state index is 11.1. The second kappa shape index (κ2) is 2.72. The zero-order valence-electron chi connectivity index (χ0n) is 8.53. The van der Waals surface area contributed by atoms with Crippen molar-refractivity contribution in [1.29, 1.82) is 10.5 Å². The molecule has 1 amide bonds. The number of primary amides is 1. The van der Waals surface area contributed by atoms with E-state index in [1.807, 2.05) is 32.9 Å². The molecule has 4 heteroatoms. The Labute approximate surface area is 83.3 Å². The minimum atomic E-state index is -1.19. The fourth-order valence-electron chi connectivity index (χ4n) is 2.26. The number of carbonyl (C=O) groups excluding carboxylic acids is 1. The summed E-state index contributed by atoms with van der Waals surface area (Å²) in [5.74, 6) is -1.41. The van der Waals surface area contributed by atoms with E-state index < -0.39 is 17.2 Å². The summed E-state index contributed by atoms with van der Waals surface area (Å²) in [6, 6.07) is 3.86. The summed E-state index contributed by atoms with van der Waals surface area (Å²) < 4.78 is 0. The molecule has 14 heavy (non-hydrogen) atoms. The minimum absolute atomic E-state index is 0.245. The summed E-state index contributed by atoms with van der Waals surface area (Å²) in [6.45, 7) is 5.72. The number of rotatable bonds is 1. The average molecular weight is 191 g/mol. The highest BCUT2D eigenvalue weighted by molar-refractivity contribution is 5.84. The first-order valence-corrected chi connectivity index (χ1v) is 4.43. The smallest absolute Gasteiger partial charge is 0.223 e. The third-order valence-electron chi connectivity index (χ3n) is 2.81. The van der Waals surface area contributed by atoms with Gasteiger partial charge in [0.1, 0.15) is 0 Å². The molecule has 0 heterocycles. The van der Waals surface area contributed by atoms with Crippen LogP contribution in [0.25, 0.3) is 0 Å². The van der Waals surface area contributed by atoms with E-state index in [9.17, 15) is 4.79 Å². The van der Waals surface area contributed by atoms with Crippen LogP contribution in [-0.2, 0) is 4.79 Å². The third kappa shape index (κ3) is 1.15. The number of hydrogen-bond donors (Lipinski definition) is 1. The van der Waals surface area contributed by atoms with Gasteiger partial charge < -0.3 is 5.73 Å². The zero-order valence-corrected chi connectivity index (χ0v) is 8.53. The molecule has 0 aromatic rings. The molecular weight excluding hydrogens is 178 g/mol. The number of carbonyl (C=O) groups is 1. The van der Waals surface area contributed by atoms with Crippen LogP contribution in [0.1, 0.15) is 20.8 Å². The van der Waals surface area contributed by atoms with E-state index in [1.54, 1.807) is 0 Å². The fraction of sp³-hybridized carbons (Fsp3) is 0.700. The van der Waals surface area contributed by atoms with E-state index >= 15 is 0 Å². The molecule has 0 bridgehead atoms. The molecule has 0 aliphatic heterocycles. The van der Waals surface area contributed by atoms with Gasteiger partial charge in [-0.05, 0) is 5.41 Å². The topological polar surface area (TPSA) is 90.7 Å². The minimum Gasteiger partial charge on any atom is -0.369 e. The largest absolute Gasteiger partial charge is 0.369 e.